The van der Waals surface area contributed by atoms with E-state index in [0.29, 0.717) is 0 Å². The van der Waals surface area contributed by atoms with E-state index in [1.165, 1.54) is 0 Å². The molecule has 0 radical (unpaired) electrons. The first kappa shape index (κ1) is 12.2. The summed E-state index contributed by atoms with van der Waals surface area (Å²) in [6.45, 7) is 0. The van der Waals surface area contributed by atoms with Crippen molar-refractivity contribution in [3.8, 4) is 0 Å². The smallest absolute Gasteiger partial charge is 0.0306 e. The van der Waals surface area contributed by atoms with Gasteiger partial charge in [0.25, 0.3) is 0 Å². The fraction of sp³-hybridized carbons (Fsp3) is 0.143. The predicted octanol–water partition coefficient (Wildman–Crippen LogP) is 3.86. The minimum absolute atomic E-state index is 0.955. The van der Waals surface area contributed by atoms with Crippen LogP contribution < -0.4 is 0 Å². The molecule has 3 heteroatoms. The molecule has 0 heterocycles. The van der Waals surface area contributed by atoms with E-state index < -0.39 is 10.5 Å². The van der Waals surface area contributed by atoms with Crippen molar-refractivity contribution in [3.05, 3.63) is 60.7 Å². The third-order valence-corrected chi connectivity index (χ3v) is 5.59. The Kier molecular flexibility index (Phi) is 3.52. The number of rotatable bonds is 3. The molecule has 0 saturated heterocycles. The van der Waals surface area contributed by atoms with Crippen LogP contribution in [0.1, 0.15) is 0 Å². The number of hydrogen-bond acceptors (Lipinski definition) is 2. The zero-order chi connectivity index (χ0) is 12.3. The fourth-order valence-electron chi connectivity index (χ4n) is 1.78. The second-order valence-electron chi connectivity index (χ2n) is 3.99. The fourth-order valence-corrected chi connectivity index (χ4v) is 3.97. The minimum atomic E-state index is -2.08. The Labute approximate surface area is 104 Å². The van der Waals surface area contributed by atoms with E-state index in [4.69, 9.17) is 0 Å². The van der Waals surface area contributed by atoms with Crippen molar-refractivity contribution in [2.24, 2.45) is 0 Å². The molecule has 2 aromatic carbocycles. The highest BCUT2D eigenvalue weighted by atomic mass is 32.3. The van der Waals surface area contributed by atoms with Gasteiger partial charge >= 0.3 is 0 Å². The van der Waals surface area contributed by atoms with Gasteiger partial charge in [0.2, 0.25) is 0 Å². The molecule has 0 aliphatic rings. The maximum absolute atomic E-state index is 11.0. The van der Waals surface area contributed by atoms with Crippen LogP contribution in [0.25, 0.3) is 0 Å². The molecule has 0 spiro atoms. The molecule has 0 aliphatic heterocycles. The monoisotopic (exact) mass is 247 g/mol. The van der Waals surface area contributed by atoms with E-state index in [9.17, 15) is 4.55 Å². The van der Waals surface area contributed by atoms with Gasteiger partial charge in [-0.1, -0.05) is 36.4 Å². The van der Waals surface area contributed by atoms with Crippen LogP contribution >= 0.6 is 10.5 Å². The summed E-state index contributed by atoms with van der Waals surface area (Å²) in [6.07, 6.45) is 0. The van der Waals surface area contributed by atoms with Gasteiger partial charge in [-0.3, -0.25) is 0 Å². The van der Waals surface area contributed by atoms with Gasteiger partial charge in [0.15, 0.2) is 0 Å². The molecule has 0 fully saturated rings. The van der Waals surface area contributed by atoms with Crippen LogP contribution in [0, 0.1) is 0 Å². The van der Waals surface area contributed by atoms with E-state index in [1.54, 1.807) is 0 Å². The van der Waals surface area contributed by atoms with Crippen LogP contribution in [-0.2, 0) is 0 Å². The highest BCUT2D eigenvalue weighted by Gasteiger charge is 2.27. The summed E-state index contributed by atoms with van der Waals surface area (Å²) < 4.78 is 12.9. The van der Waals surface area contributed by atoms with Crippen LogP contribution in [0.15, 0.2) is 70.5 Å². The van der Waals surface area contributed by atoms with Gasteiger partial charge in [0.1, 0.15) is 0 Å². The molecule has 0 atom stereocenters. The zero-order valence-corrected chi connectivity index (χ0v) is 10.9. The first-order chi connectivity index (χ1) is 8.15. The van der Waals surface area contributed by atoms with E-state index in [1.807, 2.05) is 79.1 Å². The number of hydrogen-bond donors (Lipinski definition) is 1. The molecule has 0 saturated carbocycles. The molecule has 0 bridgehead atoms. The average molecular weight is 247 g/mol. The Hall–Kier alpha value is -1.29. The molecule has 0 amide bonds. The lowest BCUT2D eigenvalue weighted by Crippen LogP contribution is -2.19. The summed E-state index contributed by atoms with van der Waals surface area (Å²) in [7, 11) is 1.74. The topological polar surface area (TPSA) is 23.5 Å². The maximum Gasteiger partial charge on any atom is 0.0306 e. The Balaban J connectivity index is 2.55. The Morgan fingerprint density at radius 2 is 1.12 bits per heavy atom. The molecule has 90 valence electrons. The molecule has 17 heavy (non-hydrogen) atoms. The van der Waals surface area contributed by atoms with Crippen molar-refractivity contribution in [1.29, 1.82) is 0 Å². The summed E-state index contributed by atoms with van der Waals surface area (Å²) in [5.41, 5.74) is 0. The molecule has 0 aromatic heterocycles. The summed E-state index contributed by atoms with van der Waals surface area (Å²) in [4.78, 5) is 1.91. The van der Waals surface area contributed by atoms with Crippen molar-refractivity contribution in [2.75, 3.05) is 14.1 Å². The minimum Gasteiger partial charge on any atom is -0.329 e. The Morgan fingerprint density at radius 3 is 1.41 bits per heavy atom. The molecule has 0 aliphatic carbocycles. The van der Waals surface area contributed by atoms with E-state index in [2.05, 4.69) is 0 Å². The normalized spacial score (nSPS) is 12.7. The van der Waals surface area contributed by atoms with Crippen LogP contribution in [0.5, 0.6) is 0 Å². The molecular weight excluding hydrogens is 230 g/mol. The first-order valence-corrected chi connectivity index (χ1v) is 7.04. The van der Waals surface area contributed by atoms with Gasteiger partial charge in [0.05, 0.1) is 0 Å². The molecule has 0 unspecified atom stereocenters. The van der Waals surface area contributed by atoms with Crippen LogP contribution in [0.4, 0.5) is 0 Å². The summed E-state index contributed by atoms with van der Waals surface area (Å²) in [6, 6.07) is 19.7. The van der Waals surface area contributed by atoms with Crippen LogP contribution in [-0.4, -0.2) is 23.0 Å². The van der Waals surface area contributed by atoms with Gasteiger partial charge in [-0.2, -0.15) is 0 Å². The SMILES string of the molecule is CN(C)S(O)(c1ccccc1)c1ccccc1. The van der Waals surface area contributed by atoms with Crippen molar-refractivity contribution in [1.82, 2.24) is 4.31 Å². The molecular formula is C14H17NOS. The Bertz CT molecular complexity index is 431. The average Bonchev–Trinajstić information content (AvgIpc) is 2.39. The predicted molar refractivity (Wildman–Crippen MR) is 73.3 cm³/mol. The third kappa shape index (κ3) is 2.22. The standard InChI is InChI=1S/C14H17NOS/c1-15(2)17(16,13-9-5-3-6-10-13)14-11-7-4-8-12-14/h3-12,16H,1-2H3. The van der Waals surface area contributed by atoms with Gasteiger partial charge in [-0.25, -0.2) is 4.31 Å². The van der Waals surface area contributed by atoms with E-state index in [0.717, 1.165) is 9.79 Å². The molecule has 1 N–H and O–H groups in total. The van der Waals surface area contributed by atoms with Crippen molar-refractivity contribution in [2.45, 2.75) is 9.79 Å². The molecule has 2 aromatic rings. The lowest BCUT2D eigenvalue weighted by atomic mass is 10.4. The largest absolute Gasteiger partial charge is 0.329 e. The quantitative estimate of drug-likeness (QED) is 0.890. The van der Waals surface area contributed by atoms with Crippen LogP contribution in [0.2, 0.25) is 0 Å². The van der Waals surface area contributed by atoms with E-state index in [-0.39, 0.29) is 0 Å². The van der Waals surface area contributed by atoms with Crippen molar-refractivity contribution >= 4 is 10.5 Å². The lowest BCUT2D eigenvalue weighted by Gasteiger charge is -2.40. The lowest BCUT2D eigenvalue weighted by molar-refractivity contribution is 0.530. The number of nitrogens with zero attached hydrogens (tertiary/aromatic N) is 1. The van der Waals surface area contributed by atoms with Gasteiger partial charge in [0, 0.05) is 9.79 Å². The number of benzene rings is 2. The molecule has 2 rings (SSSR count). The highest BCUT2D eigenvalue weighted by molar-refractivity contribution is 8.27. The van der Waals surface area contributed by atoms with Crippen LogP contribution in [0.3, 0.4) is 0 Å². The highest BCUT2D eigenvalue weighted by Crippen LogP contribution is 2.60. The summed E-state index contributed by atoms with van der Waals surface area (Å²) in [5.74, 6) is 0. The van der Waals surface area contributed by atoms with E-state index >= 15 is 0 Å². The van der Waals surface area contributed by atoms with Gasteiger partial charge < -0.3 is 4.55 Å². The second kappa shape index (κ2) is 4.92. The first-order valence-electron chi connectivity index (χ1n) is 5.49. The summed E-state index contributed by atoms with van der Waals surface area (Å²) in [5, 5.41) is 0. The van der Waals surface area contributed by atoms with Crippen molar-refractivity contribution in [3.63, 3.8) is 0 Å². The summed E-state index contributed by atoms with van der Waals surface area (Å²) >= 11 is 0. The molecule has 2 nitrogen and oxygen atoms in total. The van der Waals surface area contributed by atoms with Crippen molar-refractivity contribution < 1.29 is 4.55 Å². The zero-order valence-electron chi connectivity index (χ0n) is 10.1. The second-order valence-corrected chi connectivity index (χ2v) is 6.76. The Morgan fingerprint density at radius 1 is 0.765 bits per heavy atom. The third-order valence-electron chi connectivity index (χ3n) is 2.67. The van der Waals surface area contributed by atoms with Gasteiger partial charge in [-0.15, -0.1) is 0 Å². The maximum atomic E-state index is 11.0. The van der Waals surface area contributed by atoms with Gasteiger partial charge in [-0.05, 0) is 48.9 Å².